The van der Waals surface area contributed by atoms with Crippen molar-refractivity contribution in [2.45, 2.75) is 11.4 Å². The molecule has 1 amide bonds. The van der Waals surface area contributed by atoms with Crippen LogP contribution in [0.5, 0.6) is 0 Å². The molecule has 0 unspecified atom stereocenters. The van der Waals surface area contributed by atoms with E-state index in [-0.39, 0.29) is 5.91 Å². The fourth-order valence-corrected chi connectivity index (χ4v) is 2.61. The lowest BCUT2D eigenvalue weighted by Gasteiger charge is -2.25. The van der Waals surface area contributed by atoms with Crippen molar-refractivity contribution in [3.63, 3.8) is 0 Å². The van der Waals surface area contributed by atoms with Gasteiger partial charge in [-0.1, -0.05) is 6.07 Å². The van der Waals surface area contributed by atoms with Gasteiger partial charge in [-0.05, 0) is 24.7 Å². The first-order chi connectivity index (χ1) is 7.22. The Morgan fingerprint density at radius 3 is 3.07 bits per heavy atom. The summed E-state index contributed by atoms with van der Waals surface area (Å²) in [6, 6.07) is 6.28. The summed E-state index contributed by atoms with van der Waals surface area (Å²) in [6.45, 7) is 0.833. The molecule has 1 aromatic rings. The van der Waals surface area contributed by atoms with Gasteiger partial charge >= 0.3 is 0 Å². The van der Waals surface area contributed by atoms with Gasteiger partial charge in [0.1, 0.15) is 0 Å². The summed E-state index contributed by atoms with van der Waals surface area (Å²) >= 11 is 1.62. The van der Waals surface area contributed by atoms with Gasteiger partial charge in [-0.2, -0.15) is 0 Å². The molecule has 80 valence electrons. The smallest absolute Gasteiger partial charge is 0.237 e. The second-order valence-electron chi connectivity index (χ2n) is 3.57. The normalized spacial score (nSPS) is 15.3. The molecular formula is C11H14N2OS. The van der Waals surface area contributed by atoms with E-state index in [9.17, 15) is 4.79 Å². The Morgan fingerprint density at radius 1 is 1.53 bits per heavy atom. The zero-order valence-corrected chi connectivity index (χ0v) is 9.73. The number of nitrogens with zero attached hydrogens (tertiary/aromatic N) is 1. The summed E-state index contributed by atoms with van der Waals surface area (Å²) in [5.74, 6) is 0.726. The number of fused-ring (bicyclic) bond motifs is 1. The van der Waals surface area contributed by atoms with Gasteiger partial charge in [-0.3, -0.25) is 4.79 Å². The van der Waals surface area contributed by atoms with E-state index < -0.39 is 0 Å². The number of hydrogen-bond acceptors (Lipinski definition) is 3. The quantitative estimate of drug-likeness (QED) is 0.822. The summed E-state index contributed by atoms with van der Waals surface area (Å²) in [7, 11) is 3.76. The van der Waals surface area contributed by atoms with Crippen LogP contribution in [-0.4, -0.2) is 25.8 Å². The van der Waals surface area contributed by atoms with E-state index in [1.165, 1.54) is 10.5 Å². The van der Waals surface area contributed by atoms with Gasteiger partial charge in [0.25, 0.3) is 0 Å². The molecule has 4 heteroatoms. The zero-order chi connectivity index (χ0) is 10.8. The zero-order valence-electron chi connectivity index (χ0n) is 8.91. The first kappa shape index (κ1) is 10.5. The Bertz CT molecular complexity index is 392. The van der Waals surface area contributed by atoms with Crippen LogP contribution in [0.1, 0.15) is 5.56 Å². The molecule has 2 rings (SSSR count). The van der Waals surface area contributed by atoms with Crippen molar-refractivity contribution in [2.24, 2.45) is 0 Å². The molecule has 1 aliphatic rings. The molecule has 1 aliphatic heterocycles. The standard InChI is InChI=1S/C11H14N2OS/c1-12-6-8-3-4-10-9(5-8)13(2)11(14)7-15-10/h3-5,12H,6-7H2,1-2H3. The highest BCUT2D eigenvalue weighted by Crippen LogP contribution is 2.34. The minimum absolute atomic E-state index is 0.175. The summed E-state index contributed by atoms with van der Waals surface area (Å²) < 4.78 is 0. The Morgan fingerprint density at radius 2 is 2.33 bits per heavy atom. The molecule has 1 aromatic carbocycles. The van der Waals surface area contributed by atoms with Gasteiger partial charge in [0.2, 0.25) is 5.91 Å². The lowest BCUT2D eigenvalue weighted by atomic mass is 10.2. The van der Waals surface area contributed by atoms with Crippen molar-refractivity contribution in [2.75, 3.05) is 24.7 Å². The van der Waals surface area contributed by atoms with Crippen LogP contribution in [0.25, 0.3) is 0 Å². The van der Waals surface area contributed by atoms with Gasteiger partial charge in [-0.25, -0.2) is 0 Å². The predicted molar refractivity (Wildman–Crippen MR) is 63.3 cm³/mol. The van der Waals surface area contributed by atoms with E-state index in [1.807, 2.05) is 14.1 Å². The Balaban J connectivity index is 2.36. The molecule has 0 saturated heterocycles. The van der Waals surface area contributed by atoms with Crippen LogP contribution in [0.2, 0.25) is 0 Å². The van der Waals surface area contributed by atoms with Crippen LogP contribution in [0, 0.1) is 0 Å². The largest absolute Gasteiger partial charge is 0.316 e. The maximum absolute atomic E-state index is 11.5. The van der Waals surface area contributed by atoms with Crippen LogP contribution in [0.3, 0.4) is 0 Å². The van der Waals surface area contributed by atoms with Gasteiger partial charge < -0.3 is 10.2 Å². The fourth-order valence-electron chi connectivity index (χ4n) is 1.63. The van der Waals surface area contributed by atoms with E-state index in [2.05, 4.69) is 23.5 Å². The number of anilines is 1. The van der Waals surface area contributed by atoms with Gasteiger partial charge in [0.05, 0.1) is 11.4 Å². The third-order valence-corrected chi connectivity index (χ3v) is 3.54. The average molecular weight is 222 g/mol. The van der Waals surface area contributed by atoms with E-state index in [0.29, 0.717) is 5.75 Å². The SMILES string of the molecule is CNCc1ccc2c(c1)N(C)C(=O)CS2. The Hall–Kier alpha value is -1.000. The van der Waals surface area contributed by atoms with Crippen molar-refractivity contribution >= 4 is 23.4 Å². The molecule has 0 bridgehead atoms. The molecule has 0 atom stereocenters. The summed E-state index contributed by atoms with van der Waals surface area (Å²) in [6.07, 6.45) is 0. The highest BCUT2D eigenvalue weighted by Gasteiger charge is 2.21. The molecule has 15 heavy (non-hydrogen) atoms. The van der Waals surface area contributed by atoms with Gasteiger partial charge in [-0.15, -0.1) is 11.8 Å². The summed E-state index contributed by atoms with van der Waals surface area (Å²) in [5, 5.41) is 3.11. The van der Waals surface area contributed by atoms with E-state index in [0.717, 1.165) is 12.2 Å². The van der Waals surface area contributed by atoms with Crippen LogP contribution >= 0.6 is 11.8 Å². The van der Waals surface area contributed by atoms with Crippen LogP contribution in [-0.2, 0) is 11.3 Å². The number of carbonyl (C=O) groups is 1. The van der Waals surface area contributed by atoms with E-state index in [4.69, 9.17) is 0 Å². The number of benzene rings is 1. The van der Waals surface area contributed by atoms with Gasteiger partial charge in [0.15, 0.2) is 0 Å². The van der Waals surface area contributed by atoms with Crippen molar-refractivity contribution in [1.29, 1.82) is 0 Å². The second kappa shape index (κ2) is 4.24. The molecule has 0 aromatic heterocycles. The molecule has 0 aliphatic carbocycles. The number of hydrogen-bond donors (Lipinski definition) is 1. The van der Waals surface area contributed by atoms with Crippen molar-refractivity contribution < 1.29 is 4.79 Å². The van der Waals surface area contributed by atoms with Crippen molar-refractivity contribution in [1.82, 2.24) is 5.32 Å². The molecule has 1 heterocycles. The molecule has 0 radical (unpaired) electrons. The topological polar surface area (TPSA) is 32.3 Å². The molecule has 3 nitrogen and oxygen atoms in total. The third kappa shape index (κ3) is 2.01. The number of rotatable bonds is 2. The van der Waals surface area contributed by atoms with Crippen LogP contribution in [0.15, 0.2) is 23.1 Å². The van der Waals surface area contributed by atoms with Crippen LogP contribution < -0.4 is 10.2 Å². The number of carbonyl (C=O) groups excluding carboxylic acids is 1. The molecule has 1 N–H and O–H groups in total. The molecule has 0 saturated carbocycles. The molecule has 0 fully saturated rings. The number of nitrogens with one attached hydrogen (secondary N) is 1. The Labute approximate surface area is 93.8 Å². The minimum atomic E-state index is 0.175. The average Bonchev–Trinajstić information content (AvgIpc) is 2.25. The number of amides is 1. The first-order valence-electron chi connectivity index (χ1n) is 4.89. The first-order valence-corrected chi connectivity index (χ1v) is 5.88. The second-order valence-corrected chi connectivity index (χ2v) is 4.59. The summed E-state index contributed by atoms with van der Waals surface area (Å²) in [4.78, 5) is 14.4. The fraction of sp³-hybridized carbons (Fsp3) is 0.364. The Kier molecular flexibility index (Phi) is 2.98. The predicted octanol–water partition coefficient (Wildman–Crippen LogP) is 1.47. The van der Waals surface area contributed by atoms with E-state index >= 15 is 0 Å². The lowest BCUT2D eigenvalue weighted by Crippen LogP contribution is -2.31. The highest BCUT2D eigenvalue weighted by atomic mass is 32.2. The van der Waals surface area contributed by atoms with E-state index in [1.54, 1.807) is 16.7 Å². The van der Waals surface area contributed by atoms with Crippen molar-refractivity contribution in [3.8, 4) is 0 Å². The molecule has 0 spiro atoms. The maximum atomic E-state index is 11.5. The molecular weight excluding hydrogens is 208 g/mol. The minimum Gasteiger partial charge on any atom is -0.316 e. The summed E-state index contributed by atoms with van der Waals surface area (Å²) in [5.41, 5.74) is 2.24. The van der Waals surface area contributed by atoms with Crippen molar-refractivity contribution in [3.05, 3.63) is 23.8 Å². The monoisotopic (exact) mass is 222 g/mol. The van der Waals surface area contributed by atoms with Gasteiger partial charge in [0, 0.05) is 18.5 Å². The highest BCUT2D eigenvalue weighted by molar-refractivity contribution is 8.00. The van der Waals surface area contributed by atoms with Crippen LogP contribution in [0.4, 0.5) is 5.69 Å². The lowest BCUT2D eigenvalue weighted by molar-refractivity contribution is -0.116. The third-order valence-electron chi connectivity index (χ3n) is 2.49. The number of thioether (sulfide) groups is 1. The maximum Gasteiger partial charge on any atom is 0.237 e.